The fraction of sp³-hybridized carbons (Fsp3) is 0. The lowest BCUT2D eigenvalue weighted by Gasteiger charge is -2.05. The van der Waals surface area contributed by atoms with E-state index in [4.69, 9.17) is 11.1 Å². The van der Waals surface area contributed by atoms with Gasteiger partial charge in [0.05, 0.1) is 0 Å². The molecule has 3 rings (SSSR count). The van der Waals surface area contributed by atoms with Crippen molar-refractivity contribution >= 4 is 11.7 Å². The third kappa shape index (κ3) is 3.52. The summed E-state index contributed by atoms with van der Waals surface area (Å²) in [6.45, 7) is 0. The fourth-order valence-corrected chi connectivity index (χ4v) is 2.31. The molecule has 0 radical (unpaired) electrons. The average Bonchev–Trinajstić information content (AvgIpc) is 2.63. The first-order valence-electron chi connectivity index (χ1n) is 7.38. The Hall–Kier alpha value is -3.20. The summed E-state index contributed by atoms with van der Waals surface area (Å²) in [4.78, 5) is 4.20. The second-order valence-corrected chi connectivity index (χ2v) is 5.16. The number of rotatable bonds is 3. The maximum atomic E-state index is 8.12. The van der Waals surface area contributed by atoms with Crippen molar-refractivity contribution in [1.82, 2.24) is 0 Å². The molecule has 0 aliphatic carbocycles. The van der Waals surface area contributed by atoms with Gasteiger partial charge < -0.3 is 5.73 Å². The van der Waals surface area contributed by atoms with Gasteiger partial charge in [-0.05, 0) is 11.1 Å². The normalized spacial score (nSPS) is 11.2. The zero-order chi connectivity index (χ0) is 16.1. The van der Waals surface area contributed by atoms with Gasteiger partial charge in [-0.2, -0.15) is 0 Å². The van der Waals surface area contributed by atoms with Crippen LogP contribution in [0.1, 0.15) is 11.1 Å². The second-order valence-electron chi connectivity index (χ2n) is 5.16. The zero-order valence-electron chi connectivity index (χ0n) is 12.6. The van der Waals surface area contributed by atoms with Gasteiger partial charge >= 0.3 is 0 Å². The van der Waals surface area contributed by atoms with Gasteiger partial charge in [0.2, 0.25) is 0 Å². The summed E-state index contributed by atoms with van der Waals surface area (Å²) in [5.74, 6) is 0.508. The minimum Gasteiger partial charge on any atom is -0.383 e. The average molecular weight is 299 g/mol. The van der Waals surface area contributed by atoms with Crippen LogP contribution in [0.15, 0.2) is 89.9 Å². The number of nitrogens with zero attached hydrogens (tertiary/aromatic N) is 1. The maximum absolute atomic E-state index is 8.12. The van der Waals surface area contributed by atoms with Crippen molar-refractivity contribution in [1.29, 1.82) is 5.41 Å². The molecule has 0 aromatic heterocycles. The first kappa shape index (κ1) is 14.7. The summed E-state index contributed by atoms with van der Waals surface area (Å²) in [6.07, 6.45) is 0. The highest BCUT2D eigenvalue weighted by Gasteiger charge is 2.04. The van der Waals surface area contributed by atoms with Gasteiger partial charge in [0.1, 0.15) is 5.84 Å². The van der Waals surface area contributed by atoms with Gasteiger partial charge in [-0.3, -0.25) is 5.41 Å². The summed E-state index contributed by atoms with van der Waals surface area (Å²) in [7, 11) is 0. The third-order valence-corrected chi connectivity index (χ3v) is 3.57. The van der Waals surface area contributed by atoms with Crippen molar-refractivity contribution in [2.24, 2.45) is 10.7 Å². The molecule has 0 saturated carbocycles. The molecule has 0 amide bonds. The van der Waals surface area contributed by atoms with Crippen molar-refractivity contribution < 1.29 is 0 Å². The van der Waals surface area contributed by atoms with Gasteiger partial charge in [0.25, 0.3) is 0 Å². The number of aliphatic imine (C=N–C) groups is 1. The first-order chi connectivity index (χ1) is 11.2. The molecule has 3 aromatic carbocycles. The Morgan fingerprint density at radius 3 is 1.78 bits per heavy atom. The number of hydrogen-bond acceptors (Lipinski definition) is 1. The zero-order valence-corrected chi connectivity index (χ0v) is 12.6. The van der Waals surface area contributed by atoms with Crippen LogP contribution in [0.25, 0.3) is 11.1 Å². The molecular weight excluding hydrogens is 282 g/mol. The largest absolute Gasteiger partial charge is 0.383 e. The lowest BCUT2D eigenvalue weighted by Crippen LogP contribution is -2.15. The van der Waals surface area contributed by atoms with E-state index in [0.29, 0.717) is 5.84 Å². The van der Waals surface area contributed by atoms with Crippen LogP contribution in [-0.2, 0) is 0 Å². The van der Waals surface area contributed by atoms with E-state index in [-0.39, 0.29) is 5.84 Å². The molecule has 0 atom stereocenters. The summed E-state index contributed by atoms with van der Waals surface area (Å²) in [5, 5.41) is 8.12. The Labute approximate surface area is 135 Å². The number of hydrogen-bond donors (Lipinski definition) is 2. The van der Waals surface area contributed by atoms with E-state index in [0.717, 1.165) is 22.3 Å². The Morgan fingerprint density at radius 1 is 0.652 bits per heavy atom. The molecule has 0 spiro atoms. The van der Waals surface area contributed by atoms with E-state index in [1.54, 1.807) is 0 Å². The van der Waals surface area contributed by atoms with Crippen molar-refractivity contribution in [3.8, 4) is 11.1 Å². The highest BCUT2D eigenvalue weighted by Crippen LogP contribution is 2.19. The fourth-order valence-electron chi connectivity index (χ4n) is 2.31. The second kappa shape index (κ2) is 6.71. The van der Waals surface area contributed by atoms with Crippen LogP contribution < -0.4 is 5.73 Å². The molecule has 112 valence electrons. The van der Waals surface area contributed by atoms with Crippen molar-refractivity contribution in [2.45, 2.75) is 0 Å². The lowest BCUT2D eigenvalue weighted by molar-refractivity contribution is 1.40. The standard InChI is InChI=1S/C20H17N3/c21-19(17-9-5-2-6-10-17)23-20(22)18-13-11-16(12-14-18)15-7-3-1-4-8-15/h1-14H,(H3,21,22,23). The van der Waals surface area contributed by atoms with Gasteiger partial charge in [-0.25, -0.2) is 4.99 Å². The van der Waals surface area contributed by atoms with E-state index in [1.807, 2.05) is 72.8 Å². The molecular formula is C20H17N3. The summed E-state index contributed by atoms with van der Waals surface area (Å²) >= 11 is 0. The smallest absolute Gasteiger partial charge is 0.154 e. The van der Waals surface area contributed by atoms with E-state index in [2.05, 4.69) is 17.1 Å². The van der Waals surface area contributed by atoms with Gasteiger partial charge in [0, 0.05) is 11.1 Å². The predicted octanol–water partition coefficient (Wildman–Crippen LogP) is 4.08. The van der Waals surface area contributed by atoms with E-state index in [9.17, 15) is 0 Å². The van der Waals surface area contributed by atoms with Gasteiger partial charge in [-0.1, -0.05) is 84.9 Å². The molecule has 0 aliphatic heterocycles. The number of benzene rings is 3. The van der Waals surface area contributed by atoms with Crippen LogP contribution in [0.2, 0.25) is 0 Å². The summed E-state index contributed by atoms with van der Waals surface area (Å²) in [6, 6.07) is 27.4. The van der Waals surface area contributed by atoms with E-state index >= 15 is 0 Å². The van der Waals surface area contributed by atoms with E-state index < -0.39 is 0 Å². The van der Waals surface area contributed by atoms with Gasteiger partial charge in [0.15, 0.2) is 5.84 Å². The number of amidine groups is 2. The van der Waals surface area contributed by atoms with Crippen LogP contribution in [0.3, 0.4) is 0 Å². The highest BCUT2D eigenvalue weighted by atomic mass is 14.9. The Bertz CT molecular complexity index is 820. The topological polar surface area (TPSA) is 62.2 Å². The summed E-state index contributed by atoms with van der Waals surface area (Å²) < 4.78 is 0. The molecule has 3 nitrogen and oxygen atoms in total. The molecule has 0 bridgehead atoms. The van der Waals surface area contributed by atoms with Crippen LogP contribution >= 0.6 is 0 Å². The Balaban J connectivity index is 1.81. The lowest BCUT2D eigenvalue weighted by atomic mass is 10.0. The van der Waals surface area contributed by atoms with Crippen molar-refractivity contribution in [3.63, 3.8) is 0 Å². The molecule has 0 fully saturated rings. The third-order valence-electron chi connectivity index (χ3n) is 3.57. The minimum absolute atomic E-state index is 0.158. The summed E-state index contributed by atoms with van der Waals surface area (Å²) in [5.41, 5.74) is 9.78. The first-order valence-corrected chi connectivity index (χ1v) is 7.38. The molecule has 23 heavy (non-hydrogen) atoms. The molecule has 3 aromatic rings. The van der Waals surface area contributed by atoms with Crippen LogP contribution in [0.5, 0.6) is 0 Å². The highest BCUT2D eigenvalue weighted by molar-refractivity contribution is 6.09. The molecule has 0 aliphatic rings. The Kier molecular flexibility index (Phi) is 4.29. The van der Waals surface area contributed by atoms with Crippen LogP contribution in [0, 0.1) is 5.41 Å². The molecule has 0 saturated heterocycles. The molecule has 0 heterocycles. The van der Waals surface area contributed by atoms with Crippen LogP contribution in [-0.4, -0.2) is 11.7 Å². The molecule has 3 N–H and O–H groups in total. The molecule has 0 unspecified atom stereocenters. The maximum Gasteiger partial charge on any atom is 0.154 e. The Morgan fingerprint density at radius 2 is 1.17 bits per heavy atom. The van der Waals surface area contributed by atoms with Gasteiger partial charge in [-0.15, -0.1) is 0 Å². The van der Waals surface area contributed by atoms with Crippen LogP contribution in [0.4, 0.5) is 0 Å². The number of nitrogens with one attached hydrogen (secondary N) is 1. The molecule has 3 heteroatoms. The monoisotopic (exact) mass is 299 g/mol. The van der Waals surface area contributed by atoms with E-state index in [1.165, 1.54) is 0 Å². The SMILES string of the molecule is N=C(N=C(N)c1ccccc1)c1ccc(-c2ccccc2)cc1. The predicted molar refractivity (Wildman–Crippen MR) is 95.9 cm³/mol. The minimum atomic E-state index is 0.158. The van der Waals surface area contributed by atoms with Crippen molar-refractivity contribution in [3.05, 3.63) is 96.1 Å². The number of nitrogens with two attached hydrogens (primary N) is 1. The van der Waals surface area contributed by atoms with Crippen molar-refractivity contribution in [2.75, 3.05) is 0 Å². The quantitative estimate of drug-likeness (QED) is 0.555.